The Morgan fingerprint density at radius 2 is 1.86 bits per heavy atom. The van der Waals surface area contributed by atoms with Gasteiger partial charge in [0, 0.05) is 10.7 Å². The molecule has 0 bridgehead atoms. The van der Waals surface area contributed by atoms with E-state index in [9.17, 15) is 5.11 Å². The van der Waals surface area contributed by atoms with Gasteiger partial charge in [0.05, 0.1) is 12.1 Å². The maximum absolute atomic E-state index is 9.98. The Hall–Kier alpha value is -0.730. The molecule has 2 N–H and O–H groups in total. The van der Waals surface area contributed by atoms with Crippen molar-refractivity contribution in [3.8, 4) is 0 Å². The topological polar surface area (TPSA) is 32.3 Å². The molecule has 1 saturated carbocycles. The SMILES string of the molecule is CC(C)(C)C1CCCC(CO)(Nc2ccc(Cl)cc2)CC1. The van der Waals surface area contributed by atoms with Crippen molar-refractivity contribution in [2.75, 3.05) is 11.9 Å². The minimum Gasteiger partial charge on any atom is -0.394 e. The Labute approximate surface area is 133 Å². The van der Waals surface area contributed by atoms with E-state index in [0.717, 1.165) is 29.5 Å². The van der Waals surface area contributed by atoms with Gasteiger partial charge < -0.3 is 10.4 Å². The minimum atomic E-state index is -0.187. The van der Waals surface area contributed by atoms with E-state index in [0.29, 0.717) is 5.41 Å². The van der Waals surface area contributed by atoms with Gasteiger partial charge in [0.15, 0.2) is 0 Å². The number of aliphatic hydroxyl groups is 1. The Kier molecular flexibility index (Phi) is 5.21. The Morgan fingerprint density at radius 1 is 1.19 bits per heavy atom. The molecule has 0 spiro atoms. The van der Waals surface area contributed by atoms with Crippen LogP contribution in [-0.2, 0) is 0 Å². The predicted molar refractivity (Wildman–Crippen MR) is 90.9 cm³/mol. The van der Waals surface area contributed by atoms with Crippen molar-refractivity contribution in [2.24, 2.45) is 11.3 Å². The van der Waals surface area contributed by atoms with Crippen molar-refractivity contribution in [3.63, 3.8) is 0 Å². The van der Waals surface area contributed by atoms with E-state index < -0.39 is 0 Å². The van der Waals surface area contributed by atoms with Crippen LogP contribution in [0.4, 0.5) is 5.69 Å². The number of halogens is 1. The molecule has 0 radical (unpaired) electrons. The van der Waals surface area contributed by atoms with E-state index in [4.69, 9.17) is 11.6 Å². The molecule has 1 aliphatic carbocycles. The van der Waals surface area contributed by atoms with Gasteiger partial charge in [0.2, 0.25) is 0 Å². The molecule has 1 aromatic carbocycles. The van der Waals surface area contributed by atoms with E-state index in [1.54, 1.807) is 0 Å². The zero-order valence-electron chi connectivity index (χ0n) is 13.5. The van der Waals surface area contributed by atoms with Crippen LogP contribution in [0.3, 0.4) is 0 Å². The molecule has 1 aromatic rings. The third kappa shape index (κ3) is 4.37. The summed E-state index contributed by atoms with van der Waals surface area (Å²) in [7, 11) is 0. The van der Waals surface area contributed by atoms with Crippen molar-refractivity contribution < 1.29 is 5.11 Å². The lowest BCUT2D eigenvalue weighted by Gasteiger charge is -2.34. The summed E-state index contributed by atoms with van der Waals surface area (Å²) in [4.78, 5) is 0. The predicted octanol–water partition coefficient (Wildman–Crippen LogP) is 5.11. The molecule has 0 saturated heterocycles. The fraction of sp³-hybridized carbons (Fsp3) is 0.667. The minimum absolute atomic E-state index is 0.187. The van der Waals surface area contributed by atoms with Crippen molar-refractivity contribution in [1.29, 1.82) is 0 Å². The standard InChI is InChI=1S/C18H28ClNO/c1-17(2,3)14-5-4-11-18(13-21,12-10-14)20-16-8-6-15(19)7-9-16/h6-9,14,20-21H,4-5,10-13H2,1-3H3. The summed E-state index contributed by atoms with van der Waals surface area (Å²) in [5.74, 6) is 0.734. The van der Waals surface area contributed by atoms with Gasteiger partial charge >= 0.3 is 0 Å². The van der Waals surface area contributed by atoms with E-state index in [1.165, 1.54) is 19.3 Å². The summed E-state index contributed by atoms with van der Waals surface area (Å²) in [6.07, 6.45) is 5.65. The van der Waals surface area contributed by atoms with Crippen LogP contribution in [0.15, 0.2) is 24.3 Å². The van der Waals surface area contributed by atoms with Gasteiger partial charge in [-0.1, -0.05) is 38.8 Å². The van der Waals surface area contributed by atoms with Crippen LogP contribution in [0.2, 0.25) is 5.02 Å². The first kappa shape index (κ1) is 16.6. The summed E-state index contributed by atoms with van der Waals surface area (Å²) in [5, 5.41) is 14.3. The van der Waals surface area contributed by atoms with Crippen molar-refractivity contribution in [2.45, 2.75) is 58.4 Å². The molecule has 2 unspecified atom stereocenters. The maximum Gasteiger partial charge on any atom is 0.0661 e. The molecule has 0 heterocycles. The lowest BCUT2D eigenvalue weighted by atomic mass is 9.76. The highest BCUT2D eigenvalue weighted by Crippen LogP contribution is 2.40. The third-order valence-corrected chi connectivity index (χ3v) is 5.21. The summed E-state index contributed by atoms with van der Waals surface area (Å²) in [5.41, 5.74) is 1.21. The first-order valence-corrected chi connectivity index (χ1v) is 8.37. The Balaban J connectivity index is 2.09. The van der Waals surface area contributed by atoms with Crippen molar-refractivity contribution in [1.82, 2.24) is 0 Å². The van der Waals surface area contributed by atoms with E-state index >= 15 is 0 Å². The summed E-state index contributed by atoms with van der Waals surface area (Å²) in [6, 6.07) is 7.77. The Morgan fingerprint density at radius 3 is 2.43 bits per heavy atom. The second-order valence-electron chi connectivity index (χ2n) is 7.56. The van der Waals surface area contributed by atoms with Crippen molar-refractivity contribution in [3.05, 3.63) is 29.3 Å². The highest BCUT2D eigenvalue weighted by molar-refractivity contribution is 6.30. The molecule has 21 heavy (non-hydrogen) atoms. The van der Waals surface area contributed by atoms with Gasteiger partial charge in [-0.25, -0.2) is 0 Å². The van der Waals surface area contributed by atoms with Gasteiger partial charge in [-0.05, 0) is 61.3 Å². The molecule has 1 aliphatic rings. The third-order valence-electron chi connectivity index (χ3n) is 4.96. The van der Waals surface area contributed by atoms with Crippen LogP contribution >= 0.6 is 11.6 Å². The molecule has 118 valence electrons. The van der Waals surface area contributed by atoms with Crippen LogP contribution in [0.25, 0.3) is 0 Å². The summed E-state index contributed by atoms with van der Waals surface area (Å²) in [6.45, 7) is 7.18. The molecule has 0 aliphatic heterocycles. The van der Waals surface area contributed by atoms with Gasteiger partial charge in [0.25, 0.3) is 0 Å². The van der Waals surface area contributed by atoms with Crippen LogP contribution in [0.1, 0.15) is 52.9 Å². The van der Waals surface area contributed by atoms with Crippen LogP contribution < -0.4 is 5.32 Å². The second-order valence-corrected chi connectivity index (χ2v) is 8.00. The number of nitrogens with one attached hydrogen (secondary N) is 1. The van der Waals surface area contributed by atoms with Gasteiger partial charge in [-0.15, -0.1) is 0 Å². The molecule has 3 heteroatoms. The fourth-order valence-corrected chi connectivity index (χ4v) is 3.56. The largest absolute Gasteiger partial charge is 0.394 e. The first-order valence-electron chi connectivity index (χ1n) is 7.99. The second kappa shape index (κ2) is 6.58. The molecule has 0 amide bonds. The average molecular weight is 310 g/mol. The zero-order valence-corrected chi connectivity index (χ0v) is 14.2. The van der Waals surface area contributed by atoms with Crippen LogP contribution in [0, 0.1) is 11.3 Å². The van der Waals surface area contributed by atoms with Crippen molar-refractivity contribution >= 4 is 17.3 Å². The fourth-order valence-electron chi connectivity index (χ4n) is 3.43. The number of anilines is 1. The molecular weight excluding hydrogens is 282 g/mol. The molecule has 2 nitrogen and oxygen atoms in total. The number of benzene rings is 1. The van der Waals surface area contributed by atoms with E-state index in [1.807, 2.05) is 24.3 Å². The smallest absolute Gasteiger partial charge is 0.0661 e. The van der Waals surface area contributed by atoms with Gasteiger partial charge in [-0.2, -0.15) is 0 Å². The lowest BCUT2D eigenvalue weighted by molar-refractivity contribution is 0.182. The normalized spacial score (nSPS) is 27.2. The number of hydrogen-bond acceptors (Lipinski definition) is 2. The summed E-state index contributed by atoms with van der Waals surface area (Å²) >= 11 is 5.94. The molecule has 2 atom stereocenters. The van der Waals surface area contributed by atoms with E-state index in [-0.39, 0.29) is 12.1 Å². The van der Waals surface area contributed by atoms with E-state index in [2.05, 4.69) is 26.1 Å². The quantitative estimate of drug-likeness (QED) is 0.760. The van der Waals surface area contributed by atoms with Crippen LogP contribution in [0.5, 0.6) is 0 Å². The van der Waals surface area contributed by atoms with Gasteiger partial charge in [0.1, 0.15) is 0 Å². The molecule has 0 aromatic heterocycles. The average Bonchev–Trinajstić information content (AvgIpc) is 2.64. The Bertz CT molecular complexity index is 451. The zero-order chi connectivity index (χ0) is 15.5. The van der Waals surface area contributed by atoms with Crippen LogP contribution in [-0.4, -0.2) is 17.3 Å². The number of aliphatic hydroxyl groups excluding tert-OH is 1. The number of rotatable bonds is 3. The lowest BCUT2D eigenvalue weighted by Crippen LogP contribution is -2.41. The summed E-state index contributed by atoms with van der Waals surface area (Å²) < 4.78 is 0. The first-order chi connectivity index (χ1) is 9.85. The molecule has 2 rings (SSSR count). The highest BCUT2D eigenvalue weighted by atomic mass is 35.5. The number of hydrogen-bond donors (Lipinski definition) is 2. The maximum atomic E-state index is 9.98. The van der Waals surface area contributed by atoms with Gasteiger partial charge in [-0.3, -0.25) is 0 Å². The highest BCUT2D eigenvalue weighted by Gasteiger charge is 2.35. The molecule has 1 fully saturated rings. The monoisotopic (exact) mass is 309 g/mol. The molecular formula is C18H28ClNO.